The highest BCUT2D eigenvalue weighted by molar-refractivity contribution is 6.31. The van der Waals surface area contributed by atoms with Gasteiger partial charge in [0.25, 0.3) is 0 Å². The molecule has 0 fully saturated rings. The van der Waals surface area contributed by atoms with E-state index in [9.17, 15) is 0 Å². The van der Waals surface area contributed by atoms with Gasteiger partial charge in [-0.3, -0.25) is 0 Å². The average molecular weight is 302 g/mol. The van der Waals surface area contributed by atoms with E-state index in [4.69, 9.17) is 11.6 Å². The van der Waals surface area contributed by atoms with Gasteiger partial charge in [0.15, 0.2) is 0 Å². The molecule has 1 N–H and O–H groups in total. The van der Waals surface area contributed by atoms with Gasteiger partial charge in [0.05, 0.1) is 0 Å². The Labute approximate surface area is 133 Å². The molecule has 21 heavy (non-hydrogen) atoms. The number of hydrogen-bond donors (Lipinski definition) is 1. The van der Waals surface area contributed by atoms with E-state index < -0.39 is 0 Å². The summed E-state index contributed by atoms with van der Waals surface area (Å²) in [5.74, 6) is 0. The average Bonchev–Trinajstić information content (AvgIpc) is 2.53. The lowest BCUT2D eigenvalue weighted by Gasteiger charge is -2.11. The van der Waals surface area contributed by atoms with E-state index in [2.05, 4.69) is 62.5 Å². The number of halogens is 1. The second-order valence-corrected chi connectivity index (χ2v) is 5.68. The van der Waals surface area contributed by atoms with Crippen molar-refractivity contribution in [2.75, 3.05) is 6.54 Å². The Hall–Kier alpha value is -1.31. The number of nitrogens with one attached hydrogen (secondary N) is 1. The van der Waals surface area contributed by atoms with E-state index in [0.29, 0.717) is 0 Å². The molecule has 0 aliphatic heterocycles. The van der Waals surface area contributed by atoms with Crippen molar-refractivity contribution in [2.45, 2.75) is 40.2 Å². The molecule has 0 radical (unpaired) electrons. The van der Waals surface area contributed by atoms with Crippen LogP contribution in [0.1, 0.15) is 37.5 Å². The molecule has 0 unspecified atom stereocenters. The van der Waals surface area contributed by atoms with Crippen LogP contribution in [0.2, 0.25) is 5.02 Å². The van der Waals surface area contributed by atoms with Crippen LogP contribution in [0.25, 0.3) is 11.1 Å². The summed E-state index contributed by atoms with van der Waals surface area (Å²) in [6.45, 7) is 8.30. The number of aryl methyl sites for hydroxylation is 2. The SMILES string of the molecule is CCNCc1ccc(-c2ccc(CC)c(CC)c2)cc1Cl. The van der Waals surface area contributed by atoms with Crippen molar-refractivity contribution in [3.05, 3.63) is 58.1 Å². The second-order valence-electron chi connectivity index (χ2n) is 5.28. The van der Waals surface area contributed by atoms with E-state index in [1.165, 1.54) is 22.3 Å². The third-order valence-electron chi connectivity index (χ3n) is 3.92. The Kier molecular flexibility index (Phi) is 5.84. The summed E-state index contributed by atoms with van der Waals surface area (Å²) in [5.41, 5.74) is 6.47. The topological polar surface area (TPSA) is 12.0 Å². The lowest BCUT2D eigenvalue weighted by Crippen LogP contribution is -2.11. The Balaban J connectivity index is 2.32. The monoisotopic (exact) mass is 301 g/mol. The number of rotatable bonds is 6. The van der Waals surface area contributed by atoms with Gasteiger partial charge in [0.2, 0.25) is 0 Å². The van der Waals surface area contributed by atoms with Gasteiger partial charge in [0.1, 0.15) is 0 Å². The molecular formula is C19H24ClN. The summed E-state index contributed by atoms with van der Waals surface area (Å²) in [4.78, 5) is 0. The van der Waals surface area contributed by atoms with Gasteiger partial charge in [-0.15, -0.1) is 0 Å². The molecule has 0 spiro atoms. The Morgan fingerprint density at radius 1 is 0.810 bits per heavy atom. The van der Waals surface area contributed by atoms with Gasteiger partial charge in [-0.2, -0.15) is 0 Å². The molecule has 0 aromatic heterocycles. The molecule has 0 bridgehead atoms. The maximum absolute atomic E-state index is 6.41. The normalized spacial score (nSPS) is 10.9. The molecular weight excluding hydrogens is 278 g/mol. The van der Waals surface area contributed by atoms with Crippen molar-refractivity contribution >= 4 is 11.6 Å². The Bertz CT molecular complexity index is 605. The first kappa shape index (κ1) is 16.1. The quantitative estimate of drug-likeness (QED) is 0.769. The van der Waals surface area contributed by atoms with Crippen molar-refractivity contribution in [2.24, 2.45) is 0 Å². The summed E-state index contributed by atoms with van der Waals surface area (Å²) >= 11 is 6.41. The van der Waals surface area contributed by atoms with Crippen molar-refractivity contribution in [3.8, 4) is 11.1 Å². The molecule has 2 heteroatoms. The summed E-state index contributed by atoms with van der Waals surface area (Å²) in [5, 5.41) is 4.15. The molecule has 1 nitrogen and oxygen atoms in total. The molecule has 2 rings (SSSR count). The first-order valence-electron chi connectivity index (χ1n) is 7.80. The highest BCUT2D eigenvalue weighted by Crippen LogP contribution is 2.27. The van der Waals surface area contributed by atoms with Gasteiger partial charge in [0, 0.05) is 11.6 Å². The first-order valence-corrected chi connectivity index (χ1v) is 8.18. The smallest absolute Gasteiger partial charge is 0.0457 e. The van der Waals surface area contributed by atoms with E-state index in [0.717, 1.165) is 36.5 Å². The van der Waals surface area contributed by atoms with Crippen molar-refractivity contribution < 1.29 is 0 Å². The van der Waals surface area contributed by atoms with Crippen molar-refractivity contribution in [3.63, 3.8) is 0 Å². The molecule has 0 heterocycles. The largest absolute Gasteiger partial charge is 0.313 e. The number of hydrogen-bond acceptors (Lipinski definition) is 1. The zero-order valence-corrected chi connectivity index (χ0v) is 13.9. The maximum atomic E-state index is 6.41. The summed E-state index contributed by atoms with van der Waals surface area (Å²) in [6, 6.07) is 13.1. The molecule has 2 aromatic carbocycles. The molecule has 112 valence electrons. The minimum absolute atomic E-state index is 0.824. The summed E-state index contributed by atoms with van der Waals surface area (Å²) < 4.78 is 0. The van der Waals surface area contributed by atoms with Crippen LogP contribution < -0.4 is 5.32 Å². The first-order chi connectivity index (χ1) is 10.2. The lowest BCUT2D eigenvalue weighted by atomic mass is 9.96. The van der Waals surface area contributed by atoms with E-state index >= 15 is 0 Å². The highest BCUT2D eigenvalue weighted by atomic mass is 35.5. The minimum Gasteiger partial charge on any atom is -0.313 e. The van der Waals surface area contributed by atoms with Gasteiger partial charge < -0.3 is 5.32 Å². The van der Waals surface area contributed by atoms with Crippen molar-refractivity contribution in [1.29, 1.82) is 0 Å². The van der Waals surface area contributed by atoms with Crippen LogP contribution in [-0.2, 0) is 19.4 Å². The maximum Gasteiger partial charge on any atom is 0.0457 e. The second kappa shape index (κ2) is 7.63. The number of benzene rings is 2. The fraction of sp³-hybridized carbons (Fsp3) is 0.368. The van der Waals surface area contributed by atoms with Gasteiger partial charge in [-0.1, -0.05) is 62.7 Å². The highest BCUT2D eigenvalue weighted by Gasteiger charge is 2.06. The van der Waals surface area contributed by atoms with Gasteiger partial charge >= 0.3 is 0 Å². The van der Waals surface area contributed by atoms with Gasteiger partial charge in [-0.25, -0.2) is 0 Å². The minimum atomic E-state index is 0.824. The molecule has 0 aliphatic rings. The van der Waals surface area contributed by atoms with Crippen molar-refractivity contribution in [1.82, 2.24) is 5.32 Å². The Morgan fingerprint density at radius 3 is 2.00 bits per heavy atom. The standard InChI is InChI=1S/C19H24ClN/c1-4-14-7-8-16(11-15(14)5-2)17-9-10-18(13-21-6-3)19(20)12-17/h7-12,21H,4-6,13H2,1-3H3. The van der Waals surface area contributed by atoms with Crippen LogP contribution in [0.15, 0.2) is 36.4 Å². The van der Waals surface area contributed by atoms with Crippen LogP contribution in [0.4, 0.5) is 0 Å². The van der Waals surface area contributed by atoms with Gasteiger partial charge in [-0.05, 0) is 53.3 Å². The zero-order valence-electron chi connectivity index (χ0n) is 13.2. The predicted octanol–water partition coefficient (Wildman–Crippen LogP) is 5.24. The predicted molar refractivity (Wildman–Crippen MR) is 93.0 cm³/mol. The molecule has 2 aromatic rings. The molecule has 0 aliphatic carbocycles. The molecule has 0 saturated carbocycles. The molecule has 0 saturated heterocycles. The van der Waals surface area contributed by atoms with Crippen LogP contribution in [-0.4, -0.2) is 6.54 Å². The molecule has 0 amide bonds. The fourth-order valence-corrected chi connectivity index (χ4v) is 2.86. The third-order valence-corrected chi connectivity index (χ3v) is 4.27. The third kappa shape index (κ3) is 3.87. The lowest BCUT2D eigenvalue weighted by molar-refractivity contribution is 0.727. The van der Waals surface area contributed by atoms with Crippen LogP contribution in [0.5, 0.6) is 0 Å². The Morgan fingerprint density at radius 2 is 1.43 bits per heavy atom. The summed E-state index contributed by atoms with van der Waals surface area (Å²) in [6.07, 6.45) is 2.16. The van der Waals surface area contributed by atoms with Crippen LogP contribution in [0, 0.1) is 0 Å². The van der Waals surface area contributed by atoms with E-state index in [1.54, 1.807) is 0 Å². The van der Waals surface area contributed by atoms with E-state index in [1.807, 2.05) is 0 Å². The van der Waals surface area contributed by atoms with Crippen LogP contribution in [0.3, 0.4) is 0 Å². The van der Waals surface area contributed by atoms with E-state index in [-0.39, 0.29) is 0 Å². The zero-order chi connectivity index (χ0) is 15.2. The summed E-state index contributed by atoms with van der Waals surface area (Å²) in [7, 11) is 0. The van der Waals surface area contributed by atoms with Crippen LogP contribution >= 0.6 is 11.6 Å². The molecule has 0 atom stereocenters. The fourth-order valence-electron chi connectivity index (χ4n) is 2.61.